The number of hydrogen-bond acceptors (Lipinski definition) is 5. The lowest BCUT2D eigenvalue weighted by atomic mass is 10.1. The number of fused-ring (bicyclic) bond motifs is 1. The zero-order chi connectivity index (χ0) is 21.0. The van der Waals surface area contributed by atoms with Gasteiger partial charge in [-0.05, 0) is 24.3 Å². The third kappa shape index (κ3) is 5.05. The summed E-state index contributed by atoms with van der Waals surface area (Å²) in [4.78, 5) is 23.9. The van der Waals surface area contributed by atoms with Gasteiger partial charge in [-0.2, -0.15) is 13.2 Å². The molecule has 29 heavy (non-hydrogen) atoms. The van der Waals surface area contributed by atoms with Crippen LogP contribution in [-0.4, -0.2) is 26.2 Å². The summed E-state index contributed by atoms with van der Waals surface area (Å²) in [6.07, 6.45) is 0.673. The molecule has 0 saturated carbocycles. The van der Waals surface area contributed by atoms with Crippen LogP contribution >= 0.6 is 15.9 Å². The Labute approximate surface area is 170 Å². The van der Waals surface area contributed by atoms with Crippen LogP contribution in [0.1, 0.15) is 5.56 Å². The van der Waals surface area contributed by atoms with Gasteiger partial charge in [0.15, 0.2) is 0 Å². The van der Waals surface area contributed by atoms with E-state index in [0.29, 0.717) is 22.3 Å². The minimum absolute atomic E-state index is 0.0126. The molecule has 6 nitrogen and oxygen atoms in total. The number of amides is 1. The van der Waals surface area contributed by atoms with Crippen LogP contribution in [0, 0.1) is 5.82 Å². The Bertz CT molecular complexity index is 1090. The number of allylic oxidation sites excluding steroid dienone is 1. The first-order valence-corrected chi connectivity index (χ1v) is 9.18. The summed E-state index contributed by atoms with van der Waals surface area (Å²) < 4.78 is 52.3. The number of benzene rings is 1. The van der Waals surface area contributed by atoms with Crippen molar-refractivity contribution in [3.05, 3.63) is 60.3 Å². The molecule has 1 amide bonds. The molecule has 0 fully saturated rings. The fourth-order valence-corrected chi connectivity index (χ4v) is 2.59. The smallest absolute Gasteiger partial charge is 0.340 e. The highest BCUT2D eigenvalue weighted by Gasteiger charge is 2.34. The maximum atomic E-state index is 13.5. The molecule has 0 atom stereocenters. The van der Waals surface area contributed by atoms with Crippen molar-refractivity contribution in [3.63, 3.8) is 0 Å². The Morgan fingerprint density at radius 1 is 1.17 bits per heavy atom. The van der Waals surface area contributed by atoms with E-state index in [0.717, 1.165) is 12.1 Å². The molecule has 150 valence electrons. The average Bonchev–Trinajstić information content (AvgIpc) is 2.67. The maximum absolute atomic E-state index is 13.5. The first-order valence-electron chi connectivity index (χ1n) is 8.06. The molecule has 0 spiro atoms. The number of anilines is 3. The minimum Gasteiger partial charge on any atom is -0.340 e. The van der Waals surface area contributed by atoms with Crippen molar-refractivity contribution in [3.8, 4) is 0 Å². The molecule has 0 bridgehead atoms. The van der Waals surface area contributed by atoms with Crippen LogP contribution in [0.2, 0.25) is 0 Å². The van der Waals surface area contributed by atoms with Gasteiger partial charge in [-0.15, -0.1) is 0 Å². The van der Waals surface area contributed by atoms with E-state index in [1.165, 1.54) is 24.7 Å². The van der Waals surface area contributed by atoms with Crippen molar-refractivity contribution in [2.24, 2.45) is 0 Å². The van der Waals surface area contributed by atoms with Crippen LogP contribution in [0.25, 0.3) is 10.9 Å². The number of alkyl halides is 4. The third-order valence-electron chi connectivity index (χ3n) is 3.67. The van der Waals surface area contributed by atoms with Crippen molar-refractivity contribution >= 4 is 50.1 Å². The van der Waals surface area contributed by atoms with E-state index in [-0.39, 0.29) is 17.3 Å². The lowest BCUT2D eigenvalue weighted by Gasteiger charge is -2.12. The van der Waals surface area contributed by atoms with Gasteiger partial charge in [-0.3, -0.25) is 4.79 Å². The molecule has 2 heterocycles. The number of carbonyl (C=O) groups excluding carboxylic acids is 1. The number of rotatable bonds is 5. The molecule has 2 aromatic heterocycles. The first-order chi connectivity index (χ1) is 13.8. The van der Waals surface area contributed by atoms with Crippen LogP contribution in [-0.2, 0) is 11.0 Å². The first kappa shape index (κ1) is 20.6. The van der Waals surface area contributed by atoms with Crippen molar-refractivity contribution in [2.75, 3.05) is 16.0 Å². The Kier molecular flexibility index (Phi) is 6.06. The number of pyridine rings is 1. The average molecular weight is 470 g/mol. The van der Waals surface area contributed by atoms with E-state index >= 15 is 0 Å². The second-order valence-corrected chi connectivity index (χ2v) is 6.32. The minimum atomic E-state index is -4.83. The molecule has 3 aromatic rings. The predicted octanol–water partition coefficient (Wildman–Crippen LogP) is 4.82. The zero-order valence-electron chi connectivity index (χ0n) is 14.5. The van der Waals surface area contributed by atoms with Gasteiger partial charge in [0.1, 0.15) is 23.8 Å². The van der Waals surface area contributed by atoms with Gasteiger partial charge in [0.05, 0.1) is 17.3 Å². The topological polar surface area (TPSA) is 79.8 Å². The molecule has 0 aliphatic heterocycles. The SMILES string of the molecule is O=C(C=CCBr)Nc1cc2c(Nc3ccc(F)c(C(F)(F)F)c3)ncnc2cn1. The van der Waals surface area contributed by atoms with Crippen LogP contribution < -0.4 is 10.6 Å². The van der Waals surface area contributed by atoms with Gasteiger partial charge >= 0.3 is 6.18 Å². The fraction of sp³-hybridized carbons (Fsp3) is 0.111. The van der Waals surface area contributed by atoms with Crippen LogP contribution in [0.15, 0.2) is 48.9 Å². The van der Waals surface area contributed by atoms with Gasteiger partial charge in [-0.25, -0.2) is 19.3 Å². The van der Waals surface area contributed by atoms with Gasteiger partial charge in [0, 0.05) is 22.5 Å². The molecule has 11 heteroatoms. The van der Waals surface area contributed by atoms with E-state index < -0.39 is 23.5 Å². The molecule has 0 radical (unpaired) electrons. The Hall–Kier alpha value is -3.08. The molecule has 2 N–H and O–H groups in total. The zero-order valence-corrected chi connectivity index (χ0v) is 16.1. The molecule has 1 aromatic carbocycles. The predicted molar refractivity (Wildman–Crippen MR) is 104 cm³/mol. The Morgan fingerprint density at radius 2 is 1.97 bits per heavy atom. The highest BCUT2D eigenvalue weighted by Crippen LogP contribution is 2.34. The number of halogens is 5. The van der Waals surface area contributed by atoms with Gasteiger partial charge in [0.25, 0.3) is 0 Å². The van der Waals surface area contributed by atoms with Crippen molar-refractivity contribution < 1.29 is 22.4 Å². The largest absolute Gasteiger partial charge is 0.419 e. The van der Waals surface area contributed by atoms with Gasteiger partial charge in [0.2, 0.25) is 5.91 Å². The molecular formula is C18H12BrF4N5O. The number of nitrogens with one attached hydrogen (secondary N) is 2. The number of hydrogen-bond donors (Lipinski definition) is 2. The number of nitrogens with zero attached hydrogens (tertiary/aromatic N) is 3. The summed E-state index contributed by atoms with van der Waals surface area (Å²) in [7, 11) is 0. The summed E-state index contributed by atoms with van der Waals surface area (Å²) in [6.45, 7) is 0. The molecule has 0 aliphatic carbocycles. The molecule has 0 aliphatic rings. The van der Waals surface area contributed by atoms with E-state index in [2.05, 4.69) is 41.5 Å². The quantitative estimate of drug-likeness (QED) is 0.318. The monoisotopic (exact) mass is 469 g/mol. The summed E-state index contributed by atoms with van der Waals surface area (Å²) in [5, 5.41) is 6.19. The number of aromatic nitrogens is 3. The third-order valence-corrected chi connectivity index (χ3v) is 4.04. The summed E-state index contributed by atoms with van der Waals surface area (Å²) in [6, 6.07) is 4.01. The van der Waals surface area contributed by atoms with E-state index in [9.17, 15) is 22.4 Å². The number of carbonyl (C=O) groups is 1. The molecule has 0 unspecified atom stereocenters. The van der Waals surface area contributed by atoms with E-state index in [1.807, 2.05) is 0 Å². The molecule has 0 saturated heterocycles. The van der Waals surface area contributed by atoms with Crippen LogP contribution in [0.3, 0.4) is 0 Å². The highest BCUT2D eigenvalue weighted by atomic mass is 79.9. The standard InChI is InChI=1S/C18H12BrF4N5O/c19-5-1-2-16(29)28-15-7-11-14(8-24-15)25-9-26-17(11)27-10-3-4-13(20)12(6-10)18(21,22)23/h1-4,6-9H,5H2,(H,24,28,29)(H,25,26,27). The summed E-state index contributed by atoms with van der Waals surface area (Å²) in [5.41, 5.74) is -1.01. The second-order valence-electron chi connectivity index (χ2n) is 5.67. The Balaban J connectivity index is 1.95. The van der Waals surface area contributed by atoms with Crippen LogP contribution in [0.4, 0.5) is 34.9 Å². The normalized spacial score (nSPS) is 11.8. The lowest BCUT2D eigenvalue weighted by Crippen LogP contribution is -2.10. The van der Waals surface area contributed by atoms with Crippen molar-refractivity contribution in [1.82, 2.24) is 15.0 Å². The fourth-order valence-electron chi connectivity index (χ4n) is 2.40. The maximum Gasteiger partial charge on any atom is 0.419 e. The highest BCUT2D eigenvalue weighted by molar-refractivity contribution is 9.09. The van der Waals surface area contributed by atoms with Crippen LogP contribution in [0.5, 0.6) is 0 Å². The summed E-state index contributed by atoms with van der Waals surface area (Å²) in [5.74, 6) is -1.41. The van der Waals surface area contributed by atoms with Gasteiger partial charge in [-0.1, -0.05) is 22.0 Å². The van der Waals surface area contributed by atoms with E-state index in [4.69, 9.17) is 0 Å². The van der Waals surface area contributed by atoms with E-state index in [1.54, 1.807) is 6.08 Å². The van der Waals surface area contributed by atoms with Gasteiger partial charge < -0.3 is 10.6 Å². The van der Waals surface area contributed by atoms with Crippen molar-refractivity contribution in [2.45, 2.75) is 6.18 Å². The molecule has 3 rings (SSSR count). The molecular weight excluding hydrogens is 458 g/mol. The second kappa shape index (κ2) is 8.52. The lowest BCUT2D eigenvalue weighted by molar-refractivity contribution is -0.139. The Morgan fingerprint density at radius 3 is 2.69 bits per heavy atom. The summed E-state index contributed by atoms with van der Waals surface area (Å²) >= 11 is 3.16. The van der Waals surface area contributed by atoms with Crippen molar-refractivity contribution in [1.29, 1.82) is 0 Å².